The second-order valence-corrected chi connectivity index (χ2v) is 11.0. The van der Waals surface area contributed by atoms with E-state index in [0.717, 1.165) is 28.5 Å². The quantitative estimate of drug-likeness (QED) is 0.418. The monoisotopic (exact) mass is 512 g/mol. The zero-order chi connectivity index (χ0) is 25.1. The molecule has 4 rings (SSSR count). The molecule has 0 saturated carbocycles. The van der Waals surface area contributed by atoms with Crippen LogP contribution in [0.5, 0.6) is 5.75 Å². The predicted octanol–water partition coefficient (Wildman–Crippen LogP) is 5.73. The fourth-order valence-electron chi connectivity index (χ4n) is 4.47. The van der Waals surface area contributed by atoms with Crippen LogP contribution in [0.25, 0.3) is 0 Å². The lowest BCUT2D eigenvalue weighted by Gasteiger charge is -2.41. The number of hydrogen-bond acceptors (Lipinski definition) is 4. The number of carbonyl (C=O) groups is 1. The van der Waals surface area contributed by atoms with E-state index < -0.39 is 21.5 Å². The van der Waals surface area contributed by atoms with Gasteiger partial charge in [-0.15, -0.1) is 0 Å². The number of halogens is 1. The normalized spacial score (nSPS) is 16.6. The molecule has 184 valence electrons. The number of nitrogens with zero attached hydrogens (tertiary/aromatic N) is 1. The summed E-state index contributed by atoms with van der Waals surface area (Å²) in [6.45, 7) is 3.76. The topological polar surface area (TPSA) is 75.7 Å². The number of rotatable bonds is 8. The zero-order valence-corrected chi connectivity index (χ0v) is 21.4. The Hall–Kier alpha value is -3.03. The fraction of sp³-hybridized carbons (Fsp3) is 0.296. The highest BCUT2D eigenvalue weighted by Crippen LogP contribution is 2.42. The zero-order valence-electron chi connectivity index (χ0n) is 19.8. The summed E-state index contributed by atoms with van der Waals surface area (Å²) in [6, 6.07) is 21.9. The average molecular weight is 513 g/mol. The van der Waals surface area contributed by atoms with E-state index in [1.165, 1.54) is 18.2 Å². The van der Waals surface area contributed by atoms with Crippen molar-refractivity contribution in [3.63, 3.8) is 0 Å². The summed E-state index contributed by atoms with van der Waals surface area (Å²) < 4.78 is 34.5. The number of para-hydroxylation sites is 1. The molecule has 8 heteroatoms. The Morgan fingerprint density at radius 3 is 2.40 bits per heavy atom. The van der Waals surface area contributed by atoms with Gasteiger partial charge in [0.1, 0.15) is 17.9 Å². The molecule has 0 aromatic heterocycles. The third-order valence-corrected chi connectivity index (χ3v) is 8.56. The standard InChI is InChI=1S/C27H29ClN2O4S/c1-3-27(4-2)18-24(23-15-8-9-16-25(23)34-27)29-26(31)19-30(21-12-10-11-20(28)17-21)35(32,33)22-13-6-5-7-14-22/h5-17,24H,3-4,18-19H2,1-2H3,(H,29,31)/t24-/m0/s1. The fourth-order valence-corrected chi connectivity index (χ4v) is 6.08. The van der Waals surface area contributed by atoms with E-state index in [1.54, 1.807) is 36.4 Å². The van der Waals surface area contributed by atoms with Gasteiger partial charge in [0.05, 0.1) is 16.6 Å². The van der Waals surface area contributed by atoms with Crippen LogP contribution in [0.1, 0.15) is 44.7 Å². The molecule has 0 spiro atoms. The molecule has 1 aliphatic heterocycles. The first kappa shape index (κ1) is 25.1. The van der Waals surface area contributed by atoms with Gasteiger partial charge < -0.3 is 10.1 Å². The number of carbonyl (C=O) groups excluding carboxylic acids is 1. The van der Waals surface area contributed by atoms with Crippen LogP contribution in [0.15, 0.2) is 83.8 Å². The van der Waals surface area contributed by atoms with Crippen LogP contribution in [0.2, 0.25) is 5.02 Å². The van der Waals surface area contributed by atoms with Gasteiger partial charge in [0.25, 0.3) is 10.0 Å². The van der Waals surface area contributed by atoms with Crippen LogP contribution in [0.3, 0.4) is 0 Å². The maximum Gasteiger partial charge on any atom is 0.264 e. The van der Waals surface area contributed by atoms with Gasteiger partial charge in [-0.1, -0.05) is 67.9 Å². The molecule has 0 bridgehead atoms. The van der Waals surface area contributed by atoms with Gasteiger partial charge in [-0.05, 0) is 49.2 Å². The first-order chi connectivity index (χ1) is 16.8. The Morgan fingerprint density at radius 1 is 1.03 bits per heavy atom. The number of fused-ring (bicyclic) bond motifs is 1. The molecule has 0 aliphatic carbocycles. The highest BCUT2D eigenvalue weighted by atomic mass is 35.5. The Labute approximate surface area is 211 Å². The lowest BCUT2D eigenvalue weighted by Crippen LogP contribution is -2.47. The molecule has 35 heavy (non-hydrogen) atoms. The SMILES string of the molecule is CCC1(CC)C[C@H](NC(=O)CN(c2cccc(Cl)c2)S(=O)(=O)c2ccccc2)c2ccccc2O1. The van der Waals surface area contributed by atoms with Crippen molar-refractivity contribution in [1.82, 2.24) is 5.32 Å². The summed E-state index contributed by atoms with van der Waals surface area (Å²) in [5.74, 6) is 0.337. The number of benzene rings is 3. The third-order valence-electron chi connectivity index (χ3n) is 6.54. The summed E-state index contributed by atoms with van der Waals surface area (Å²) in [4.78, 5) is 13.5. The molecule has 6 nitrogen and oxygen atoms in total. The van der Waals surface area contributed by atoms with Crippen molar-refractivity contribution in [3.8, 4) is 5.75 Å². The van der Waals surface area contributed by atoms with E-state index in [1.807, 2.05) is 24.3 Å². The number of anilines is 1. The van der Waals surface area contributed by atoms with E-state index >= 15 is 0 Å². The van der Waals surface area contributed by atoms with Crippen LogP contribution in [-0.2, 0) is 14.8 Å². The molecule has 1 heterocycles. The molecule has 0 fully saturated rings. The average Bonchev–Trinajstić information content (AvgIpc) is 2.87. The van der Waals surface area contributed by atoms with Gasteiger partial charge in [-0.3, -0.25) is 9.10 Å². The molecule has 1 atom stereocenters. The molecule has 3 aromatic rings. The van der Waals surface area contributed by atoms with Crippen molar-refractivity contribution in [1.29, 1.82) is 0 Å². The lowest BCUT2D eigenvalue weighted by atomic mass is 9.83. The van der Waals surface area contributed by atoms with E-state index in [-0.39, 0.29) is 17.5 Å². The van der Waals surface area contributed by atoms with Crippen LogP contribution >= 0.6 is 11.6 Å². The van der Waals surface area contributed by atoms with Crippen LogP contribution < -0.4 is 14.4 Å². The molecule has 0 radical (unpaired) electrons. The second kappa shape index (κ2) is 10.3. The Morgan fingerprint density at radius 2 is 1.71 bits per heavy atom. The van der Waals surface area contributed by atoms with Gasteiger partial charge in [0.2, 0.25) is 5.91 Å². The molecule has 3 aromatic carbocycles. The van der Waals surface area contributed by atoms with Gasteiger partial charge in [-0.25, -0.2) is 8.42 Å². The molecule has 1 aliphatic rings. The molecular formula is C27H29ClN2O4S. The van der Waals surface area contributed by atoms with Crippen molar-refractivity contribution in [2.45, 2.75) is 49.6 Å². The van der Waals surface area contributed by atoms with Gasteiger partial charge >= 0.3 is 0 Å². The second-order valence-electron chi connectivity index (χ2n) is 8.66. The van der Waals surface area contributed by atoms with Crippen LogP contribution in [0, 0.1) is 0 Å². The minimum Gasteiger partial charge on any atom is -0.487 e. The van der Waals surface area contributed by atoms with E-state index in [0.29, 0.717) is 17.1 Å². The lowest BCUT2D eigenvalue weighted by molar-refractivity contribution is -0.121. The van der Waals surface area contributed by atoms with E-state index in [4.69, 9.17) is 16.3 Å². The van der Waals surface area contributed by atoms with Crippen molar-refractivity contribution in [2.24, 2.45) is 0 Å². The Bertz CT molecular complexity index is 1290. The minimum absolute atomic E-state index is 0.0974. The molecule has 1 N–H and O–H groups in total. The predicted molar refractivity (Wildman–Crippen MR) is 138 cm³/mol. The van der Waals surface area contributed by atoms with Crippen molar-refractivity contribution in [2.75, 3.05) is 10.8 Å². The van der Waals surface area contributed by atoms with Gasteiger partial charge in [0.15, 0.2) is 0 Å². The Balaban J connectivity index is 1.65. The van der Waals surface area contributed by atoms with Gasteiger partial charge in [-0.2, -0.15) is 0 Å². The maximum atomic E-state index is 13.5. The summed E-state index contributed by atoms with van der Waals surface area (Å²) in [7, 11) is -4.01. The number of ether oxygens (including phenoxy) is 1. The Kier molecular flexibility index (Phi) is 7.38. The summed E-state index contributed by atoms with van der Waals surface area (Å²) in [5.41, 5.74) is 0.814. The summed E-state index contributed by atoms with van der Waals surface area (Å²) in [5, 5.41) is 3.46. The number of sulfonamides is 1. The van der Waals surface area contributed by atoms with Crippen molar-refractivity contribution >= 4 is 33.2 Å². The molecule has 0 saturated heterocycles. The third kappa shape index (κ3) is 5.31. The summed E-state index contributed by atoms with van der Waals surface area (Å²) in [6.07, 6.45) is 2.19. The van der Waals surface area contributed by atoms with E-state index in [9.17, 15) is 13.2 Å². The first-order valence-corrected chi connectivity index (χ1v) is 13.5. The van der Waals surface area contributed by atoms with Crippen molar-refractivity contribution < 1.29 is 17.9 Å². The molecule has 1 amide bonds. The maximum absolute atomic E-state index is 13.5. The summed E-state index contributed by atoms with van der Waals surface area (Å²) >= 11 is 6.16. The number of hydrogen-bond donors (Lipinski definition) is 1. The molecule has 0 unspecified atom stereocenters. The van der Waals surface area contributed by atoms with Crippen LogP contribution in [-0.4, -0.2) is 26.5 Å². The first-order valence-electron chi connectivity index (χ1n) is 11.7. The minimum atomic E-state index is -4.01. The highest BCUT2D eigenvalue weighted by molar-refractivity contribution is 7.92. The van der Waals surface area contributed by atoms with Gasteiger partial charge in [0, 0.05) is 17.0 Å². The number of nitrogens with one attached hydrogen (secondary N) is 1. The smallest absolute Gasteiger partial charge is 0.264 e. The molecular weight excluding hydrogens is 484 g/mol. The van der Waals surface area contributed by atoms with E-state index in [2.05, 4.69) is 19.2 Å². The largest absolute Gasteiger partial charge is 0.487 e. The van der Waals surface area contributed by atoms with Crippen molar-refractivity contribution in [3.05, 3.63) is 89.4 Å². The van der Waals surface area contributed by atoms with Crippen LogP contribution in [0.4, 0.5) is 5.69 Å². The highest BCUT2D eigenvalue weighted by Gasteiger charge is 2.39. The number of amides is 1.